The smallest absolute Gasteiger partial charge is 0.274 e. The van der Waals surface area contributed by atoms with Crippen molar-refractivity contribution in [1.29, 1.82) is 0 Å². The molecule has 5 rings (SSSR count). The number of anilines is 2. The predicted octanol–water partition coefficient (Wildman–Crippen LogP) is 2.14. The fraction of sp³-hybridized carbons (Fsp3) is 0.400. The van der Waals surface area contributed by atoms with Crippen LogP contribution in [0.15, 0.2) is 48.8 Å². The highest BCUT2D eigenvalue weighted by Gasteiger charge is 2.21. The summed E-state index contributed by atoms with van der Waals surface area (Å²) in [5, 5.41) is 7.12. The number of aromatic nitrogens is 4. The molecule has 1 N–H and O–H groups in total. The van der Waals surface area contributed by atoms with Crippen molar-refractivity contribution in [2.75, 3.05) is 56.2 Å². The molecule has 0 atom stereocenters. The average Bonchev–Trinajstić information content (AvgIpc) is 3.48. The molecule has 2 aromatic heterocycles. The van der Waals surface area contributed by atoms with Crippen LogP contribution in [0.4, 0.5) is 11.6 Å². The van der Waals surface area contributed by atoms with Crippen LogP contribution in [0.3, 0.4) is 0 Å². The van der Waals surface area contributed by atoms with Gasteiger partial charge in [-0.05, 0) is 43.5 Å². The first-order valence-corrected chi connectivity index (χ1v) is 12.2. The lowest BCUT2D eigenvalue weighted by Gasteiger charge is -2.28. The zero-order valence-electron chi connectivity index (χ0n) is 20.0. The maximum atomic E-state index is 13.2. The highest BCUT2D eigenvalue weighted by molar-refractivity contribution is 6.03. The predicted molar refractivity (Wildman–Crippen MR) is 133 cm³/mol. The van der Waals surface area contributed by atoms with Crippen molar-refractivity contribution in [3.8, 4) is 11.6 Å². The average molecular weight is 492 g/mol. The Labute approximate surface area is 209 Å². The molecule has 2 saturated heterocycles. The number of morpholine rings is 1. The molecule has 36 heavy (non-hydrogen) atoms. The van der Waals surface area contributed by atoms with Crippen LogP contribution in [0.25, 0.3) is 5.69 Å². The SMILES string of the molecule is O=C(Nc1cccc(-n2cccn2)c1)c1cc(OCC(=O)N2CCCCC2)nc(N2CCOCC2)n1. The normalized spacial score (nSPS) is 16.0. The molecule has 2 amide bonds. The second-order valence-corrected chi connectivity index (χ2v) is 8.68. The van der Waals surface area contributed by atoms with Crippen LogP contribution < -0.4 is 15.0 Å². The molecule has 2 fully saturated rings. The maximum Gasteiger partial charge on any atom is 0.274 e. The third-order valence-corrected chi connectivity index (χ3v) is 6.14. The maximum absolute atomic E-state index is 13.2. The zero-order valence-corrected chi connectivity index (χ0v) is 20.0. The van der Waals surface area contributed by atoms with Crippen molar-refractivity contribution in [2.45, 2.75) is 19.3 Å². The number of nitrogens with zero attached hydrogens (tertiary/aromatic N) is 6. The number of nitrogens with one attached hydrogen (secondary N) is 1. The van der Waals surface area contributed by atoms with E-state index in [1.165, 1.54) is 6.07 Å². The van der Waals surface area contributed by atoms with Gasteiger partial charge in [-0.3, -0.25) is 9.59 Å². The zero-order chi connectivity index (χ0) is 24.7. The molecule has 3 aromatic rings. The number of carbonyl (C=O) groups excluding carboxylic acids is 2. The molecule has 1 aromatic carbocycles. The molecule has 188 valence electrons. The summed E-state index contributed by atoms with van der Waals surface area (Å²) in [5.41, 5.74) is 1.56. The fourth-order valence-corrected chi connectivity index (χ4v) is 4.22. The summed E-state index contributed by atoms with van der Waals surface area (Å²) >= 11 is 0. The van der Waals surface area contributed by atoms with Gasteiger partial charge in [-0.15, -0.1) is 0 Å². The van der Waals surface area contributed by atoms with Crippen molar-refractivity contribution < 1.29 is 19.1 Å². The summed E-state index contributed by atoms with van der Waals surface area (Å²) in [4.78, 5) is 38.5. The molecule has 0 spiro atoms. The van der Waals surface area contributed by atoms with E-state index in [4.69, 9.17) is 9.47 Å². The van der Waals surface area contributed by atoms with E-state index in [1.54, 1.807) is 16.9 Å². The van der Waals surface area contributed by atoms with Crippen molar-refractivity contribution in [1.82, 2.24) is 24.6 Å². The summed E-state index contributed by atoms with van der Waals surface area (Å²) in [6.07, 6.45) is 6.67. The lowest BCUT2D eigenvalue weighted by Crippen LogP contribution is -2.39. The molecule has 2 aliphatic rings. The minimum absolute atomic E-state index is 0.0809. The topological polar surface area (TPSA) is 115 Å². The quantitative estimate of drug-likeness (QED) is 0.535. The highest BCUT2D eigenvalue weighted by atomic mass is 16.5. The number of ether oxygens (including phenoxy) is 2. The lowest BCUT2D eigenvalue weighted by molar-refractivity contribution is -0.134. The number of amides is 2. The van der Waals surface area contributed by atoms with E-state index in [9.17, 15) is 9.59 Å². The molecule has 4 heterocycles. The number of hydrogen-bond donors (Lipinski definition) is 1. The molecule has 0 aliphatic carbocycles. The van der Waals surface area contributed by atoms with E-state index in [-0.39, 0.29) is 24.1 Å². The number of likely N-dealkylation sites (tertiary alicyclic amines) is 1. The number of hydrogen-bond acceptors (Lipinski definition) is 8. The first kappa shape index (κ1) is 23.7. The first-order valence-electron chi connectivity index (χ1n) is 12.2. The van der Waals surface area contributed by atoms with E-state index in [0.717, 1.165) is 38.0 Å². The monoisotopic (exact) mass is 491 g/mol. The Hall–Kier alpha value is -3.99. The van der Waals surface area contributed by atoms with Gasteiger partial charge in [0.25, 0.3) is 11.8 Å². The van der Waals surface area contributed by atoms with Crippen LogP contribution in [-0.2, 0) is 9.53 Å². The largest absolute Gasteiger partial charge is 0.467 e. The molecule has 0 radical (unpaired) electrons. The summed E-state index contributed by atoms with van der Waals surface area (Å²) in [7, 11) is 0. The van der Waals surface area contributed by atoms with Crippen LogP contribution in [0.1, 0.15) is 29.8 Å². The van der Waals surface area contributed by atoms with Gasteiger partial charge in [-0.2, -0.15) is 10.1 Å². The van der Waals surface area contributed by atoms with Crippen molar-refractivity contribution >= 4 is 23.5 Å². The molecule has 11 heteroatoms. The number of piperidine rings is 1. The first-order chi connectivity index (χ1) is 17.7. The van der Waals surface area contributed by atoms with Gasteiger partial charge in [0.1, 0.15) is 5.69 Å². The molecule has 0 unspecified atom stereocenters. The second kappa shape index (κ2) is 11.2. The number of carbonyl (C=O) groups is 2. The van der Waals surface area contributed by atoms with Gasteiger partial charge in [0, 0.05) is 50.3 Å². The lowest BCUT2D eigenvalue weighted by atomic mass is 10.1. The van der Waals surface area contributed by atoms with E-state index >= 15 is 0 Å². The minimum Gasteiger partial charge on any atom is -0.467 e. The van der Waals surface area contributed by atoms with Crippen molar-refractivity contribution in [3.63, 3.8) is 0 Å². The van der Waals surface area contributed by atoms with Crippen LogP contribution in [-0.4, -0.2) is 82.5 Å². The highest BCUT2D eigenvalue weighted by Crippen LogP contribution is 2.20. The van der Waals surface area contributed by atoms with Crippen LogP contribution in [0, 0.1) is 0 Å². The molecule has 11 nitrogen and oxygen atoms in total. The van der Waals surface area contributed by atoms with Crippen LogP contribution in [0.5, 0.6) is 5.88 Å². The summed E-state index contributed by atoms with van der Waals surface area (Å²) < 4.78 is 12.9. The van der Waals surface area contributed by atoms with Gasteiger partial charge in [-0.1, -0.05) is 6.07 Å². The van der Waals surface area contributed by atoms with Gasteiger partial charge < -0.3 is 24.6 Å². The van der Waals surface area contributed by atoms with E-state index in [0.29, 0.717) is 37.9 Å². The van der Waals surface area contributed by atoms with Gasteiger partial charge in [0.15, 0.2) is 6.61 Å². The Bertz CT molecular complexity index is 1190. The molecule has 2 aliphatic heterocycles. The van der Waals surface area contributed by atoms with Crippen LogP contribution >= 0.6 is 0 Å². The Kier molecular flexibility index (Phi) is 7.36. The van der Waals surface area contributed by atoms with Crippen molar-refractivity contribution in [2.24, 2.45) is 0 Å². The number of benzene rings is 1. The van der Waals surface area contributed by atoms with E-state index < -0.39 is 5.91 Å². The van der Waals surface area contributed by atoms with Gasteiger partial charge in [0.2, 0.25) is 11.8 Å². The molecular weight excluding hydrogens is 462 g/mol. The Morgan fingerprint density at radius 2 is 1.83 bits per heavy atom. The number of rotatable bonds is 7. The van der Waals surface area contributed by atoms with E-state index in [2.05, 4.69) is 20.4 Å². The molecule has 0 saturated carbocycles. The minimum atomic E-state index is -0.406. The summed E-state index contributed by atoms with van der Waals surface area (Å²) in [6, 6.07) is 10.7. The van der Waals surface area contributed by atoms with Crippen molar-refractivity contribution in [3.05, 3.63) is 54.5 Å². The Morgan fingerprint density at radius 3 is 2.61 bits per heavy atom. The molecule has 0 bridgehead atoms. The third kappa shape index (κ3) is 5.80. The summed E-state index contributed by atoms with van der Waals surface area (Å²) in [6.45, 7) is 3.65. The second-order valence-electron chi connectivity index (χ2n) is 8.68. The summed E-state index contributed by atoms with van der Waals surface area (Å²) in [5.74, 6) is 0.0726. The van der Waals surface area contributed by atoms with Crippen LogP contribution in [0.2, 0.25) is 0 Å². The molecular formula is C25H29N7O4. The van der Waals surface area contributed by atoms with E-state index in [1.807, 2.05) is 40.3 Å². The standard InChI is InChI=1S/C25H29N7O4/c33-23(30-9-2-1-3-10-30)18-36-22-17-21(28-25(29-22)31-12-14-35-15-13-31)24(34)27-19-6-4-7-20(16-19)32-11-5-8-26-32/h4-8,11,16-17H,1-3,9-10,12-15,18H2,(H,27,34). The third-order valence-electron chi connectivity index (χ3n) is 6.14. The Morgan fingerprint density at radius 1 is 1.00 bits per heavy atom. The van der Waals surface area contributed by atoms with Gasteiger partial charge in [0.05, 0.1) is 18.9 Å². The van der Waals surface area contributed by atoms with Gasteiger partial charge >= 0.3 is 0 Å². The fourth-order valence-electron chi connectivity index (χ4n) is 4.22. The Balaban J connectivity index is 1.34. The van der Waals surface area contributed by atoms with Gasteiger partial charge in [-0.25, -0.2) is 9.67 Å².